The number of pyridine rings is 1. The number of nitrogens with zero attached hydrogens (tertiary/aromatic N) is 4. The van der Waals surface area contributed by atoms with Gasteiger partial charge in [0.1, 0.15) is 36.1 Å². The number of halogens is 4. The lowest BCUT2D eigenvalue weighted by Crippen LogP contribution is -2.45. The van der Waals surface area contributed by atoms with E-state index >= 15 is 0 Å². The summed E-state index contributed by atoms with van der Waals surface area (Å²) in [5.41, 5.74) is -0.177. The number of nitrogens with one attached hydrogen (secondary N) is 2. The number of carboxylic acids is 1. The van der Waals surface area contributed by atoms with Crippen LogP contribution in [0.1, 0.15) is 53.0 Å². The Morgan fingerprint density at radius 2 is 2.05 bits per heavy atom. The summed E-state index contributed by atoms with van der Waals surface area (Å²) in [5.74, 6) is -1.78. The molecule has 40 heavy (non-hydrogen) atoms. The maximum absolute atomic E-state index is 13.4. The van der Waals surface area contributed by atoms with Gasteiger partial charge in [0.2, 0.25) is 0 Å². The van der Waals surface area contributed by atoms with Gasteiger partial charge in [-0.3, -0.25) is 4.79 Å². The maximum Gasteiger partial charge on any atom is 0.420 e. The Morgan fingerprint density at radius 3 is 2.75 bits per heavy atom. The van der Waals surface area contributed by atoms with Gasteiger partial charge in [-0.1, -0.05) is 6.07 Å². The second-order valence-electron chi connectivity index (χ2n) is 9.55. The first-order valence-electron chi connectivity index (χ1n) is 13.1. The van der Waals surface area contributed by atoms with Crippen LogP contribution in [0.5, 0.6) is 0 Å². The molecular formula is C26H34F4N6O4. The van der Waals surface area contributed by atoms with Crippen LogP contribution in [0.2, 0.25) is 0 Å². The van der Waals surface area contributed by atoms with E-state index in [4.69, 9.17) is 4.74 Å². The minimum atomic E-state index is -4.89. The molecule has 0 radical (unpaired) electrons. The highest BCUT2D eigenvalue weighted by molar-refractivity contribution is 5.96. The molecule has 1 aliphatic rings. The summed E-state index contributed by atoms with van der Waals surface area (Å²) in [7, 11) is 1.37. The first kappa shape index (κ1) is 31.1. The Labute approximate surface area is 229 Å². The number of alkyl halides is 4. The highest BCUT2D eigenvalue weighted by Gasteiger charge is 2.37. The molecule has 2 aromatic rings. The number of aryl methyl sites for hydroxylation is 2. The zero-order chi connectivity index (χ0) is 29.1. The van der Waals surface area contributed by atoms with Crippen molar-refractivity contribution in [1.29, 1.82) is 0 Å². The van der Waals surface area contributed by atoms with E-state index in [-0.39, 0.29) is 19.5 Å². The number of anilines is 1. The van der Waals surface area contributed by atoms with Gasteiger partial charge in [0, 0.05) is 38.6 Å². The van der Waals surface area contributed by atoms with Crippen LogP contribution in [-0.2, 0) is 28.5 Å². The molecule has 0 saturated carbocycles. The van der Waals surface area contributed by atoms with Gasteiger partial charge in [-0.25, -0.2) is 24.1 Å². The van der Waals surface area contributed by atoms with E-state index in [1.165, 1.54) is 12.7 Å². The zero-order valence-corrected chi connectivity index (χ0v) is 22.2. The predicted molar refractivity (Wildman–Crippen MR) is 138 cm³/mol. The number of carboxylic acid groups (broad SMARTS) is 1. The van der Waals surface area contributed by atoms with Crippen molar-refractivity contribution in [3.63, 3.8) is 0 Å². The number of rotatable bonds is 15. The van der Waals surface area contributed by atoms with Crippen molar-refractivity contribution in [2.75, 3.05) is 45.3 Å². The largest absolute Gasteiger partial charge is 0.480 e. The number of aliphatic carboxylic acids is 1. The molecule has 0 bridgehead atoms. The van der Waals surface area contributed by atoms with E-state index in [1.807, 2.05) is 11.0 Å². The molecule has 1 amide bonds. The van der Waals surface area contributed by atoms with Crippen molar-refractivity contribution in [2.45, 2.75) is 56.8 Å². The number of ether oxygens (including phenoxy) is 1. The second-order valence-corrected chi connectivity index (χ2v) is 9.55. The third kappa shape index (κ3) is 9.08. The third-order valence-corrected chi connectivity index (χ3v) is 6.65. The van der Waals surface area contributed by atoms with Gasteiger partial charge in [-0.05, 0) is 56.7 Å². The van der Waals surface area contributed by atoms with Crippen molar-refractivity contribution in [3.05, 3.63) is 47.2 Å². The van der Waals surface area contributed by atoms with Crippen molar-refractivity contribution in [3.8, 4) is 0 Å². The van der Waals surface area contributed by atoms with E-state index < -0.39 is 48.1 Å². The first-order chi connectivity index (χ1) is 19.1. The lowest BCUT2D eigenvalue weighted by Gasteiger charge is -2.27. The van der Waals surface area contributed by atoms with E-state index in [2.05, 4.69) is 31.7 Å². The van der Waals surface area contributed by atoms with E-state index in [1.54, 1.807) is 0 Å². The molecule has 1 aliphatic heterocycles. The summed E-state index contributed by atoms with van der Waals surface area (Å²) >= 11 is 0. The SMILES string of the molecule is COC(CF)CN(CCCCc1ccc2c(n1)NCCC2)CCC(NC(=O)c1ncncc1C(F)(F)F)C(=O)O. The molecule has 10 nitrogen and oxygen atoms in total. The smallest absolute Gasteiger partial charge is 0.420 e. The average molecular weight is 571 g/mol. The van der Waals surface area contributed by atoms with Crippen LogP contribution >= 0.6 is 0 Å². The zero-order valence-electron chi connectivity index (χ0n) is 22.2. The van der Waals surface area contributed by atoms with E-state index in [0.717, 1.165) is 50.1 Å². The molecule has 2 aromatic heterocycles. The molecule has 220 valence electrons. The molecule has 2 unspecified atom stereocenters. The quantitative estimate of drug-likeness (QED) is 0.218. The number of methoxy groups -OCH3 is 1. The molecule has 14 heteroatoms. The van der Waals surface area contributed by atoms with Crippen molar-refractivity contribution in [2.24, 2.45) is 0 Å². The molecule has 3 heterocycles. The number of aromatic nitrogens is 3. The molecule has 2 atom stereocenters. The van der Waals surface area contributed by atoms with Crippen LogP contribution < -0.4 is 10.6 Å². The Kier molecular flexibility index (Phi) is 11.6. The summed E-state index contributed by atoms with van der Waals surface area (Å²) in [5, 5.41) is 15.1. The summed E-state index contributed by atoms with van der Waals surface area (Å²) in [6.07, 6.45) is -0.235. The second kappa shape index (κ2) is 14.8. The Balaban J connectivity index is 1.58. The normalized spacial score (nSPS) is 14.8. The number of hydrogen-bond donors (Lipinski definition) is 3. The number of carbonyl (C=O) groups is 2. The Morgan fingerprint density at radius 1 is 1.25 bits per heavy atom. The Hall–Kier alpha value is -3.39. The fourth-order valence-electron chi connectivity index (χ4n) is 4.43. The van der Waals surface area contributed by atoms with Crippen molar-refractivity contribution in [1.82, 2.24) is 25.2 Å². The van der Waals surface area contributed by atoms with E-state index in [9.17, 15) is 32.3 Å². The van der Waals surface area contributed by atoms with Gasteiger partial charge in [-0.15, -0.1) is 0 Å². The van der Waals surface area contributed by atoms with Crippen LogP contribution in [0.4, 0.5) is 23.4 Å². The van der Waals surface area contributed by atoms with Crippen LogP contribution in [-0.4, -0.2) is 88.9 Å². The minimum Gasteiger partial charge on any atom is -0.480 e. The standard InChI is InChI=1S/C26H34F4N6O4/c1-40-19(13-27)15-36(11-3-2-6-18-8-7-17-5-4-10-32-23(17)34-18)12-9-21(25(38)39)35-24(37)22-20(26(28,29)30)14-31-16-33-22/h7-8,14,16,19,21H,2-6,9-13,15H2,1H3,(H,32,34)(H,35,37)(H,38,39). The van der Waals surface area contributed by atoms with Gasteiger partial charge in [0.05, 0.1) is 6.10 Å². The van der Waals surface area contributed by atoms with Gasteiger partial charge in [-0.2, -0.15) is 13.2 Å². The topological polar surface area (TPSA) is 130 Å². The maximum atomic E-state index is 13.4. The molecule has 3 N–H and O–H groups in total. The minimum absolute atomic E-state index is 0.131. The highest BCUT2D eigenvalue weighted by Crippen LogP contribution is 2.30. The fourth-order valence-corrected chi connectivity index (χ4v) is 4.43. The molecule has 0 fully saturated rings. The molecule has 0 spiro atoms. The van der Waals surface area contributed by atoms with E-state index in [0.29, 0.717) is 19.2 Å². The molecule has 0 saturated heterocycles. The van der Waals surface area contributed by atoms with Gasteiger partial charge >= 0.3 is 12.1 Å². The lowest BCUT2D eigenvalue weighted by molar-refractivity contribution is -0.139. The van der Waals surface area contributed by atoms with Crippen molar-refractivity contribution >= 4 is 17.7 Å². The number of amides is 1. The fraction of sp³-hybridized carbons (Fsp3) is 0.577. The van der Waals surface area contributed by atoms with Crippen LogP contribution in [0, 0.1) is 0 Å². The number of fused-ring (bicyclic) bond motifs is 1. The van der Waals surface area contributed by atoms with Gasteiger partial charge < -0.3 is 25.4 Å². The molecule has 0 aromatic carbocycles. The highest BCUT2D eigenvalue weighted by atomic mass is 19.4. The summed E-state index contributed by atoms with van der Waals surface area (Å²) in [6, 6.07) is 2.60. The van der Waals surface area contributed by atoms with Crippen molar-refractivity contribution < 1.29 is 37.0 Å². The molecule has 0 aliphatic carbocycles. The van der Waals surface area contributed by atoms with Gasteiger partial charge in [0.15, 0.2) is 0 Å². The predicted octanol–water partition coefficient (Wildman–Crippen LogP) is 3.13. The Bertz CT molecular complexity index is 1130. The number of hydrogen-bond acceptors (Lipinski definition) is 8. The monoisotopic (exact) mass is 570 g/mol. The number of carbonyl (C=O) groups excluding carboxylic acids is 1. The lowest BCUT2D eigenvalue weighted by atomic mass is 10.1. The first-order valence-corrected chi connectivity index (χ1v) is 13.1. The molecular weight excluding hydrogens is 536 g/mol. The third-order valence-electron chi connectivity index (χ3n) is 6.65. The van der Waals surface area contributed by atoms with Gasteiger partial charge in [0.25, 0.3) is 5.91 Å². The summed E-state index contributed by atoms with van der Waals surface area (Å²) in [6.45, 7) is 0.958. The van der Waals surface area contributed by atoms with Crippen LogP contribution in [0.25, 0.3) is 0 Å². The van der Waals surface area contributed by atoms with Crippen LogP contribution in [0.15, 0.2) is 24.7 Å². The molecule has 3 rings (SSSR count). The van der Waals surface area contributed by atoms with Crippen LogP contribution in [0.3, 0.4) is 0 Å². The summed E-state index contributed by atoms with van der Waals surface area (Å²) < 4.78 is 58.2. The summed E-state index contributed by atoms with van der Waals surface area (Å²) in [4.78, 5) is 37.6. The average Bonchev–Trinajstić information content (AvgIpc) is 2.94. The number of unbranched alkanes of at least 4 members (excludes halogenated alkanes) is 1.